The molecule has 2 unspecified atom stereocenters. The fourth-order valence-electron chi connectivity index (χ4n) is 2.59. The molecule has 100 valence electrons. The molecule has 1 fully saturated rings. The van der Waals surface area contributed by atoms with Crippen molar-refractivity contribution in [2.75, 3.05) is 13.1 Å². The summed E-state index contributed by atoms with van der Waals surface area (Å²) in [5, 5.41) is 0. The Morgan fingerprint density at radius 3 is 2.82 bits per heavy atom. The lowest BCUT2D eigenvalue weighted by Crippen LogP contribution is -2.42. The van der Waals surface area contributed by atoms with E-state index < -0.39 is 0 Å². The van der Waals surface area contributed by atoms with Crippen molar-refractivity contribution >= 4 is 5.91 Å². The van der Waals surface area contributed by atoms with Crippen molar-refractivity contribution in [2.24, 2.45) is 11.8 Å². The number of likely N-dealkylation sites (tertiary alicyclic amines) is 1. The van der Waals surface area contributed by atoms with Crippen molar-refractivity contribution in [3.05, 3.63) is 0 Å². The highest BCUT2D eigenvalue weighted by molar-refractivity contribution is 5.74. The van der Waals surface area contributed by atoms with Gasteiger partial charge >= 0.3 is 0 Å². The van der Waals surface area contributed by atoms with Crippen LogP contribution in [0.3, 0.4) is 0 Å². The second kappa shape index (κ2) is 7.67. The third kappa shape index (κ3) is 5.04. The Hall–Kier alpha value is -0.610. The molecule has 1 aliphatic rings. The van der Waals surface area contributed by atoms with Crippen LogP contribution in [0.1, 0.15) is 52.4 Å². The number of unbranched alkanes of at least 4 members (excludes halogenated alkanes) is 2. The number of carbonyl (C=O) groups is 1. The van der Waals surface area contributed by atoms with E-state index in [9.17, 15) is 4.79 Å². The Labute approximate surface area is 105 Å². The topological polar surface area (TPSA) is 58.4 Å². The Bertz CT molecular complexity index is 233. The van der Waals surface area contributed by atoms with E-state index in [1.54, 1.807) is 0 Å². The van der Waals surface area contributed by atoms with Gasteiger partial charge in [-0.2, -0.15) is 0 Å². The number of hydrogen-bond donors (Lipinski definition) is 2. The predicted octanol–water partition coefficient (Wildman–Crippen LogP) is 1.66. The smallest absolute Gasteiger partial charge is 0.233 e. The molecule has 3 N–H and O–H groups in total. The van der Waals surface area contributed by atoms with E-state index in [-0.39, 0.29) is 5.91 Å². The number of nitrogens with one attached hydrogen (secondary N) is 1. The Morgan fingerprint density at radius 1 is 1.35 bits per heavy atom. The van der Waals surface area contributed by atoms with Crippen LogP contribution in [0.15, 0.2) is 0 Å². The molecular formula is C13H27N3O. The minimum absolute atomic E-state index is 0.0510. The van der Waals surface area contributed by atoms with Crippen molar-refractivity contribution < 1.29 is 4.79 Å². The zero-order valence-electron chi connectivity index (χ0n) is 11.2. The van der Waals surface area contributed by atoms with Crippen LogP contribution in [0.25, 0.3) is 0 Å². The Balaban J connectivity index is 2.07. The largest absolute Gasteiger partial charge is 0.300 e. The highest BCUT2D eigenvalue weighted by atomic mass is 16.2. The number of hydrogen-bond acceptors (Lipinski definition) is 3. The first-order valence-corrected chi connectivity index (χ1v) is 6.88. The molecule has 0 saturated carbocycles. The van der Waals surface area contributed by atoms with Crippen LogP contribution in [-0.4, -0.2) is 29.9 Å². The molecule has 0 bridgehead atoms. The Kier molecular flexibility index (Phi) is 6.52. The minimum Gasteiger partial charge on any atom is -0.300 e. The lowest BCUT2D eigenvalue weighted by molar-refractivity contribution is -0.121. The SMILES string of the molecule is CC1CCCN(CCCCCC(=O)NN)C1C. The maximum atomic E-state index is 10.9. The van der Waals surface area contributed by atoms with Crippen LogP contribution in [0.4, 0.5) is 0 Å². The van der Waals surface area contributed by atoms with Gasteiger partial charge in [0.1, 0.15) is 0 Å². The standard InChI is InChI=1S/C13H27N3O/c1-11-7-6-10-16(12(11)2)9-5-3-4-8-13(17)15-14/h11-12H,3-10,14H2,1-2H3,(H,15,17). The fourth-order valence-corrected chi connectivity index (χ4v) is 2.59. The van der Waals surface area contributed by atoms with Gasteiger partial charge in [-0.3, -0.25) is 10.2 Å². The molecule has 1 rings (SSSR count). The summed E-state index contributed by atoms with van der Waals surface area (Å²) >= 11 is 0. The molecule has 0 aromatic carbocycles. The van der Waals surface area contributed by atoms with Crippen LogP contribution >= 0.6 is 0 Å². The summed E-state index contributed by atoms with van der Waals surface area (Å²) < 4.78 is 0. The summed E-state index contributed by atoms with van der Waals surface area (Å²) in [6.07, 6.45) is 6.51. The van der Waals surface area contributed by atoms with Gasteiger partial charge in [-0.25, -0.2) is 5.84 Å². The first kappa shape index (κ1) is 14.5. The molecule has 0 aromatic rings. The van der Waals surface area contributed by atoms with Crippen LogP contribution < -0.4 is 11.3 Å². The highest BCUT2D eigenvalue weighted by Crippen LogP contribution is 2.23. The molecule has 4 heteroatoms. The van der Waals surface area contributed by atoms with E-state index in [0.29, 0.717) is 6.42 Å². The number of rotatable bonds is 6. The first-order chi connectivity index (χ1) is 8.15. The van der Waals surface area contributed by atoms with Crippen LogP contribution in [0.2, 0.25) is 0 Å². The summed E-state index contributed by atoms with van der Waals surface area (Å²) in [4.78, 5) is 13.5. The van der Waals surface area contributed by atoms with Crippen molar-refractivity contribution in [3.8, 4) is 0 Å². The average molecular weight is 241 g/mol. The molecular weight excluding hydrogens is 214 g/mol. The molecule has 2 atom stereocenters. The first-order valence-electron chi connectivity index (χ1n) is 6.88. The third-order valence-electron chi connectivity index (χ3n) is 4.01. The lowest BCUT2D eigenvalue weighted by atomic mass is 9.92. The summed E-state index contributed by atoms with van der Waals surface area (Å²) in [6, 6.07) is 0.719. The third-order valence-corrected chi connectivity index (χ3v) is 4.01. The summed E-state index contributed by atoms with van der Waals surface area (Å²) in [6.45, 7) is 7.11. The average Bonchev–Trinajstić information content (AvgIpc) is 2.33. The van der Waals surface area contributed by atoms with Crippen molar-refractivity contribution in [3.63, 3.8) is 0 Å². The van der Waals surface area contributed by atoms with Gasteiger partial charge in [0.15, 0.2) is 0 Å². The second-order valence-corrected chi connectivity index (χ2v) is 5.27. The minimum atomic E-state index is -0.0510. The number of piperidine rings is 1. The molecule has 1 heterocycles. The summed E-state index contributed by atoms with van der Waals surface area (Å²) in [5.41, 5.74) is 2.17. The number of nitrogens with zero attached hydrogens (tertiary/aromatic N) is 1. The quantitative estimate of drug-likeness (QED) is 0.322. The van der Waals surface area contributed by atoms with E-state index >= 15 is 0 Å². The molecule has 0 spiro atoms. The van der Waals surface area contributed by atoms with E-state index in [1.165, 1.54) is 32.4 Å². The monoisotopic (exact) mass is 241 g/mol. The van der Waals surface area contributed by atoms with Gasteiger partial charge in [0, 0.05) is 12.5 Å². The van der Waals surface area contributed by atoms with Gasteiger partial charge < -0.3 is 4.90 Å². The zero-order chi connectivity index (χ0) is 12.7. The molecule has 4 nitrogen and oxygen atoms in total. The predicted molar refractivity (Wildman–Crippen MR) is 70.2 cm³/mol. The summed E-state index contributed by atoms with van der Waals surface area (Å²) in [5.74, 6) is 5.80. The second-order valence-electron chi connectivity index (χ2n) is 5.27. The van der Waals surface area contributed by atoms with E-state index in [4.69, 9.17) is 5.84 Å². The van der Waals surface area contributed by atoms with Gasteiger partial charge in [-0.15, -0.1) is 0 Å². The zero-order valence-corrected chi connectivity index (χ0v) is 11.2. The van der Waals surface area contributed by atoms with Gasteiger partial charge in [-0.05, 0) is 51.6 Å². The lowest BCUT2D eigenvalue weighted by Gasteiger charge is -2.37. The highest BCUT2D eigenvalue weighted by Gasteiger charge is 2.23. The van der Waals surface area contributed by atoms with Crippen molar-refractivity contribution in [2.45, 2.75) is 58.4 Å². The van der Waals surface area contributed by atoms with Gasteiger partial charge in [0.2, 0.25) is 5.91 Å². The normalized spacial score (nSPS) is 25.8. The molecule has 1 aliphatic heterocycles. The fraction of sp³-hybridized carbons (Fsp3) is 0.923. The van der Waals surface area contributed by atoms with Crippen LogP contribution in [-0.2, 0) is 4.79 Å². The van der Waals surface area contributed by atoms with E-state index in [2.05, 4.69) is 24.2 Å². The molecule has 1 amide bonds. The molecule has 1 saturated heterocycles. The van der Waals surface area contributed by atoms with E-state index in [1.807, 2.05) is 0 Å². The maximum absolute atomic E-state index is 10.9. The van der Waals surface area contributed by atoms with Crippen LogP contribution in [0, 0.1) is 5.92 Å². The number of amides is 1. The van der Waals surface area contributed by atoms with Crippen LogP contribution in [0.5, 0.6) is 0 Å². The van der Waals surface area contributed by atoms with Gasteiger partial charge in [0.05, 0.1) is 0 Å². The van der Waals surface area contributed by atoms with Gasteiger partial charge in [0.25, 0.3) is 0 Å². The summed E-state index contributed by atoms with van der Waals surface area (Å²) in [7, 11) is 0. The Morgan fingerprint density at radius 2 is 2.12 bits per heavy atom. The number of nitrogens with two attached hydrogens (primary N) is 1. The molecule has 0 radical (unpaired) electrons. The number of hydrazine groups is 1. The van der Waals surface area contributed by atoms with E-state index in [0.717, 1.165) is 24.8 Å². The van der Waals surface area contributed by atoms with Crippen molar-refractivity contribution in [1.82, 2.24) is 10.3 Å². The molecule has 0 aliphatic carbocycles. The molecule has 17 heavy (non-hydrogen) atoms. The van der Waals surface area contributed by atoms with Crippen molar-refractivity contribution in [1.29, 1.82) is 0 Å². The van der Waals surface area contributed by atoms with Gasteiger partial charge in [-0.1, -0.05) is 13.3 Å². The molecule has 0 aromatic heterocycles. The maximum Gasteiger partial charge on any atom is 0.233 e. The number of carbonyl (C=O) groups excluding carboxylic acids is 1.